The van der Waals surface area contributed by atoms with Gasteiger partial charge in [0.1, 0.15) is 0 Å². The SMILES string of the molecule is COc1ccc(C2CCC(c3ccc(-c4ccc(CO)cc4)c(F)c3F)CC2)c(F)c1F. The van der Waals surface area contributed by atoms with Crippen LogP contribution in [0.4, 0.5) is 17.6 Å². The van der Waals surface area contributed by atoms with E-state index < -0.39 is 23.3 Å². The summed E-state index contributed by atoms with van der Waals surface area (Å²) in [6, 6.07) is 12.8. The largest absolute Gasteiger partial charge is 0.494 e. The number of methoxy groups -OCH3 is 1. The van der Waals surface area contributed by atoms with E-state index in [4.69, 9.17) is 9.84 Å². The fourth-order valence-electron chi connectivity index (χ4n) is 4.63. The van der Waals surface area contributed by atoms with Gasteiger partial charge in [0.2, 0.25) is 5.82 Å². The van der Waals surface area contributed by atoms with Crippen LogP contribution in [0.25, 0.3) is 11.1 Å². The topological polar surface area (TPSA) is 29.5 Å². The molecule has 32 heavy (non-hydrogen) atoms. The predicted octanol–water partition coefficient (Wildman–Crippen LogP) is 6.85. The number of aliphatic hydroxyl groups excluding tert-OH is 1. The van der Waals surface area contributed by atoms with Gasteiger partial charge in [0.05, 0.1) is 13.7 Å². The number of rotatable bonds is 5. The van der Waals surface area contributed by atoms with Crippen molar-refractivity contribution >= 4 is 0 Å². The molecule has 3 aromatic carbocycles. The van der Waals surface area contributed by atoms with E-state index in [1.807, 2.05) is 0 Å². The van der Waals surface area contributed by atoms with E-state index in [9.17, 15) is 17.6 Å². The van der Waals surface area contributed by atoms with Crippen LogP contribution in [0, 0.1) is 23.3 Å². The van der Waals surface area contributed by atoms with Crippen molar-refractivity contribution in [2.24, 2.45) is 0 Å². The molecule has 1 aliphatic carbocycles. The second-order valence-electron chi connectivity index (χ2n) is 8.22. The van der Waals surface area contributed by atoms with Crippen LogP contribution in [-0.4, -0.2) is 12.2 Å². The summed E-state index contributed by atoms with van der Waals surface area (Å²) >= 11 is 0. The lowest BCUT2D eigenvalue weighted by atomic mass is 9.75. The minimum Gasteiger partial charge on any atom is -0.494 e. The predicted molar refractivity (Wildman–Crippen MR) is 115 cm³/mol. The maximum absolute atomic E-state index is 15.0. The number of halogens is 4. The summed E-state index contributed by atoms with van der Waals surface area (Å²) in [5.41, 5.74) is 2.01. The molecule has 2 nitrogen and oxygen atoms in total. The zero-order valence-corrected chi connectivity index (χ0v) is 17.7. The highest BCUT2D eigenvalue weighted by atomic mass is 19.2. The van der Waals surface area contributed by atoms with Crippen LogP contribution in [-0.2, 0) is 6.61 Å². The zero-order valence-electron chi connectivity index (χ0n) is 17.7. The Morgan fingerprint density at radius 3 is 1.78 bits per heavy atom. The van der Waals surface area contributed by atoms with E-state index in [2.05, 4.69) is 0 Å². The van der Waals surface area contributed by atoms with Crippen molar-refractivity contribution in [1.82, 2.24) is 0 Å². The Balaban J connectivity index is 1.51. The molecule has 1 fully saturated rings. The zero-order chi connectivity index (χ0) is 22.8. The summed E-state index contributed by atoms with van der Waals surface area (Å²) in [6.45, 7) is -0.119. The first kappa shape index (κ1) is 22.3. The number of hydrogen-bond acceptors (Lipinski definition) is 2. The normalized spacial score (nSPS) is 18.6. The van der Waals surface area contributed by atoms with Gasteiger partial charge >= 0.3 is 0 Å². The average molecular weight is 444 g/mol. The molecule has 1 aliphatic rings. The molecule has 1 N–H and O–H groups in total. The van der Waals surface area contributed by atoms with Crippen molar-refractivity contribution in [2.75, 3.05) is 7.11 Å². The van der Waals surface area contributed by atoms with Crippen LogP contribution in [0.3, 0.4) is 0 Å². The minimum atomic E-state index is -0.997. The third-order valence-electron chi connectivity index (χ3n) is 6.46. The molecule has 0 unspecified atom stereocenters. The molecule has 6 heteroatoms. The molecule has 4 rings (SSSR count). The van der Waals surface area contributed by atoms with Gasteiger partial charge < -0.3 is 9.84 Å². The highest BCUT2D eigenvalue weighted by Crippen LogP contribution is 2.43. The van der Waals surface area contributed by atoms with Gasteiger partial charge in [0.15, 0.2) is 23.2 Å². The molecule has 0 bridgehead atoms. The first-order valence-electron chi connectivity index (χ1n) is 10.6. The third kappa shape index (κ3) is 4.11. The van der Waals surface area contributed by atoms with Gasteiger partial charge in [-0.05, 0) is 65.8 Å². The molecule has 0 spiro atoms. The second-order valence-corrected chi connectivity index (χ2v) is 8.22. The molecule has 1 saturated carbocycles. The Kier molecular flexibility index (Phi) is 6.51. The molecular formula is C26H24F4O2. The maximum Gasteiger partial charge on any atom is 0.200 e. The van der Waals surface area contributed by atoms with Crippen molar-refractivity contribution in [2.45, 2.75) is 44.1 Å². The van der Waals surface area contributed by atoms with Crippen LogP contribution < -0.4 is 4.74 Å². The van der Waals surface area contributed by atoms with Gasteiger partial charge in [0, 0.05) is 5.56 Å². The lowest BCUT2D eigenvalue weighted by Crippen LogP contribution is -2.15. The summed E-state index contributed by atoms with van der Waals surface area (Å²) in [6.07, 6.45) is 2.22. The van der Waals surface area contributed by atoms with E-state index in [0.29, 0.717) is 47.9 Å². The summed E-state index contributed by atoms with van der Waals surface area (Å²) in [4.78, 5) is 0. The van der Waals surface area contributed by atoms with Gasteiger partial charge in [-0.2, -0.15) is 4.39 Å². The van der Waals surface area contributed by atoms with Gasteiger partial charge in [-0.15, -0.1) is 0 Å². The van der Waals surface area contributed by atoms with E-state index >= 15 is 0 Å². The van der Waals surface area contributed by atoms with Crippen molar-refractivity contribution in [1.29, 1.82) is 0 Å². The fraction of sp³-hybridized carbons (Fsp3) is 0.308. The Hall–Kier alpha value is -2.86. The van der Waals surface area contributed by atoms with Crippen LogP contribution in [0.1, 0.15) is 54.2 Å². The van der Waals surface area contributed by atoms with Gasteiger partial charge in [-0.25, -0.2) is 13.2 Å². The van der Waals surface area contributed by atoms with Crippen molar-refractivity contribution < 1.29 is 27.4 Å². The first-order chi connectivity index (χ1) is 15.4. The highest BCUT2D eigenvalue weighted by Gasteiger charge is 2.29. The molecule has 0 radical (unpaired) electrons. The molecule has 0 heterocycles. The van der Waals surface area contributed by atoms with E-state index in [0.717, 1.165) is 0 Å². The number of benzene rings is 3. The standard InChI is InChI=1S/C26H24F4O2/c1-32-22-13-12-21(25(29)26(22)30)18-8-6-17(7-9-18)20-11-10-19(23(27)24(20)28)16-4-2-15(14-31)3-5-16/h2-5,10-13,17-18,31H,6-9,14H2,1H3. The van der Waals surface area contributed by atoms with E-state index in [1.54, 1.807) is 42.5 Å². The Morgan fingerprint density at radius 1 is 0.719 bits per heavy atom. The van der Waals surface area contributed by atoms with Gasteiger partial charge in [-0.1, -0.05) is 42.5 Å². The summed E-state index contributed by atoms with van der Waals surface area (Å²) in [5.74, 6) is -4.15. The first-order valence-corrected chi connectivity index (χ1v) is 10.6. The highest BCUT2D eigenvalue weighted by molar-refractivity contribution is 5.65. The van der Waals surface area contributed by atoms with E-state index in [-0.39, 0.29) is 29.8 Å². The second kappa shape index (κ2) is 9.33. The molecular weight excluding hydrogens is 420 g/mol. The molecule has 3 aromatic rings. The molecule has 0 saturated heterocycles. The van der Waals surface area contributed by atoms with E-state index in [1.165, 1.54) is 13.2 Å². The van der Waals surface area contributed by atoms with Crippen LogP contribution >= 0.6 is 0 Å². The molecule has 168 valence electrons. The number of aliphatic hydroxyl groups is 1. The van der Waals surface area contributed by atoms with Crippen LogP contribution in [0.2, 0.25) is 0 Å². The maximum atomic E-state index is 15.0. The smallest absolute Gasteiger partial charge is 0.200 e. The molecule has 0 atom stereocenters. The average Bonchev–Trinajstić information content (AvgIpc) is 2.83. The third-order valence-corrected chi connectivity index (χ3v) is 6.46. The molecule has 0 aliphatic heterocycles. The lowest BCUT2D eigenvalue weighted by Gasteiger charge is -2.30. The van der Waals surface area contributed by atoms with Crippen molar-refractivity contribution in [3.8, 4) is 16.9 Å². The molecule has 0 aromatic heterocycles. The monoisotopic (exact) mass is 444 g/mol. The Morgan fingerprint density at radius 2 is 1.25 bits per heavy atom. The number of ether oxygens (including phenoxy) is 1. The van der Waals surface area contributed by atoms with Gasteiger partial charge in [-0.3, -0.25) is 0 Å². The van der Waals surface area contributed by atoms with Crippen molar-refractivity contribution in [3.63, 3.8) is 0 Å². The van der Waals surface area contributed by atoms with Crippen LogP contribution in [0.5, 0.6) is 5.75 Å². The number of hydrogen-bond donors (Lipinski definition) is 1. The Bertz CT molecular complexity index is 1100. The quantitative estimate of drug-likeness (QED) is 0.436. The molecule has 0 amide bonds. The minimum absolute atomic E-state index is 0.119. The van der Waals surface area contributed by atoms with Gasteiger partial charge in [0.25, 0.3) is 0 Å². The summed E-state index contributed by atoms with van der Waals surface area (Å²) in [7, 11) is 1.28. The van der Waals surface area contributed by atoms with Crippen LogP contribution in [0.15, 0.2) is 48.5 Å². The Labute approximate surface area is 184 Å². The fourth-order valence-corrected chi connectivity index (χ4v) is 4.63. The lowest BCUT2D eigenvalue weighted by molar-refractivity contribution is 0.282. The summed E-state index contributed by atoms with van der Waals surface area (Å²) < 4.78 is 63.2. The van der Waals surface area contributed by atoms with Crippen molar-refractivity contribution in [3.05, 3.63) is 88.5 Å². The summed E-state index contributed by atoms with van der Waals surface area (Å²) in [5, 5.41) is 9.14.